The van der Waals surface area contributed by atoms with E-state index in [1.807, 2.05) is 6.07 Å². The molecule has 0 bridgehead atoms. The number of nitriles is 1. The number of ether oxygens (including phenoxy) is 1. The maximum atomic E-state index is 11.8. The third-order valence-corrected chi connectivity index (χ3v) is 2.59. The van der Waals surface area contributed by atoms with Crippen LogP contribution in [0.5, 0.6) is 0 Å². The number of nitrogens with one attached hydrogen (secondary N) is 1. The number of nitrogens with zero attached hydrogens (tertiary/aromatic N) is 1. The van der Waals surface area contributed by atoms with Gasteiger partial charge in [-0.1, -0.05) is 11.6 Å². The molecule has 1 aromatic carbocycles. The highest BCUT2D eigenvalue weighted by atomic mass is 35.5. The molecule has 1 aliphatic rings. The fraction of sp³-hybridized carbons (Fsp3) is 0.167. The minimum atomic E-state index is -0.314. The average Bonchev–Trinajstić information content (AvgIpc) is 2.77. The zero-order valence-corrected chi connectivity index (χ0v) is 9.62. The van der Waals surface area contributed by atoms with Crippen molar-refractivity contribution < 1.29 is 9.53 Å². The predicted octanol–water partition coefficient (Wildman–Crippen LogP) is 2.23. The van der Waals surface area contributed by atoms with Crippen molar-refractivity contribution in [3.8, 4) is 6.07 Å². The molecule has 0 fully saturated rings. The first-order valence-electron chi connectivity index (χ1n) is 5.03. The van der Waals surface area contributed by atoms with Gasteiger partial charge in [-0.2, -0.15) is 5.26 Å². The lowest BCUT2D eigenvalue weighted by Crippen LogP contribution is -2.23. The standard InChI is InChI=1S/C12H9ClN2O2/c13-10-3-1-8(2-4-10)11(16)15-12-9(7-14)5-6-17-12/h1-4H,5-6H2,(H,15,16). The normalized spacial score (nSPS) is 14.1. The number of carbonyl (C=O) groups excluding carboxylic acids is 1. The van der Waals surface area contributed by atoms with E-state index in [4.69, 9.17) is 21.6 Å². The molecule has 0 saturated heterocycles. The van der Waals surface area contributed by atoms with Gasteiger partial charge in [-0.05, 0) is 24.3 Å². The molecule has 1 aliphatic heterocycles. The van der Waals surface area contributed by atoms with E-state index in [0.29, 0.717) is 29.2 Å². The maximum Gasteiger partial charge on any atom is 0.257 e. The summed E-state index contributed by atoms with van der Waals surface area (Å²) in [6, 6.07) is 8.48. The topological polar surface area (TPSA) is 62.1 Å². The van der Waals surface area contributed by atoms with Crippen molar-refractivity contribution in [2.24, 2.45) is 0 Å². The molecule has 0 saturated carbocycles. The molecule has 1 heterocycles. The third kappa shape index (κ3) is 2.58. The summed E-state index contributed by atoms with van der Waals surface area (Å²) in [5, 5.41) is 11.9. The Balaban J connectivity index is 2.12. The number of amides is 1. The van der Waals surface area contributed by atoms with Gasteiger partial charge in [0.15, 0.2) is 0 Å². The Labute approximate surface area is 103 Å². The fourth-order valence-corrected chi connectivity index (χ4v) is 1.58. The number of hydrogen-bond donors (Lipinski definition) is 1. The predicted molar refractivity (Wildman–Crippen MR) is 62.1 cm³/mol. The quantitative estimate of drug-likeness (QED) is 0.873. The molecule has 5 heteroatoms. The SMILES string of the molecule is N#CC1=C(NC(=O)c2ccc(Cl)cc2)OCC1. The zero-order valence-electron chi connectivity index (χ0n) is 8.87. The van der Waals surface area contributed by atoms with Crippen LogP contribution in [0.1, 0.15) is 16.8 Å². The Hall–Kier alpha value is -1.99. The molecule has 1 N–H and O–H groups in total. The number of rotatable bonds is 2. The molecule has 0 aromatic heterocycles. The highest BCUT2D eigenvalue weighted by molar-refractivity contribution is 6.30. The van der Waals surface area contributed by atoms with Crippen molar-refractivity contribution in [3.05, 3.63) is 46.3 Å². The number of halogens is 1. The van der Waals surface area contributed by atoms with Gasteiger partial charge in [-0.25, -0.2) is 0 Å². The van der Waals surface area contributed by atoms with Gasteiger partial charge in [-0.3, -0.25) is 10.1 Å². The molecule has 0 radical (unpaired) electrons. The summed E-state index contributed by atoms with van der Waals surface area (Å²) in [6.07, 6.45) is 0.534. The number of benzene rings is 1. The third-order valence-electron chi connectivity index (χ3n) is 2.34. The Bertz CT molecular complexity index is 514. The molecule has 2 rings (SSSR count). The first kappa shape index (κ1) is 11.5. The van der Waals surface area contributed by atoms with Crippen molar-refractivity contribution >= 4 is 17.5 Å². The van der Waals surface area contributed by atoms with Gasteiger partial charge < -0.3 is 4.74 Å². The summed E-state index contributed by atoms with van der Waals surface area (Å²) in [5.41, 5.74) is 0.932. The molecule has 0 aliphatic carbocycles. The van der Waals surface area contributed by atoms with Gasteiger partial charge in [0, 0.05) is 17.0 Å². The number of carbonyl (C=O) groups is 1. The largest absolute Gasteiger partial charge is 0.478 e. The van der Waals surface area contributed by atoms with Crippen LogP contribution in [-0.4, -0.2) is 12.5 Å². The molecule has 0 atom stereocenters. The van der Waals surface area contributed by atoms with E-state index in [9.17, 15) is 4.79 Å². The summed E-state index contributed by atoms with van der Waals surface area (Å²) in [5.74, 6) is -0.0567. The van der Waals surface area contributed by atoms with Crippen LogP contribution in [0, 0.1) is 11.3 Å². The highest BCUT2D eigenvalue weighted by Crippen LogP contribution is 2.16. The van der Waals surface area contributed by atoms with E-state index in [2.05, 4.69) is 5.32 Å². The van der Waals surface area contributed by atoms with Crippen molar-refractivity contribution in [1.29, 1.82) is 5.26 Å². The first-order chi connectivity index (χ1) is 8.20. The van der Waals surface area contributed by atoms with Gasteiger partial charge in [-0.15, -0.1) is 0 Å². The molecule has 17 heavy (non-hydrogen) atoms. The molecular formula is C12H9ClN2O2. The molecule has 0 unspecified atom stereocenters. The summed E-state index contributed by atoms with van der Waals surface area (Å²) in [4.78, 5) is 11.8. The molecule has 0 spiro atoms. The Morgan fingerprint density at radius 3 is 2.76 bits per heavy atom. The van der Waals surface area contributed by atoms with Gasteiger partial charge in [0.2, 0.25) is 5.88 Å². The van der Waals surface area contributed by atoms with Crippen LogP contribution >= 0.6 is 11.6 Å². The summed E-state index contributed by atoms with van der Waals surface area (Å²) < 4.78 is 5.17. The van der Waals surface area contributed by atoms with Crippen LogP contribution in [0.2, 0.25) is 5.02 Å². The van der Waals surface area contributed by atoms with Gasteiger partial charge >= 0.3 is 0 Å². The van der Waals surface area contributed by atoms with E-state index in [0.717, 1.165) is 0 Å². The maximum absolute atomic E-state index is 11.8. The molecular weight excluding hydrogens is 240 g/mol. The smallest absolute Gasteiger partial charge is 0.257 e. The van der Waals surface area contributed by atoms with Crippen molar-refractivity contribution in [3.63, 3.8) is 0 Å². The second-order valence-corrected chi connectivity index (χ2v) is 3.92. The molecule has 1 amide bonds. The summed E-state index contributed by atoms with van der Waals surface area (Å²) >= 11 is 5.72. The Kier molecular flexibility index (Phi) is 3.31. The van der Waals surface area contributed by atoms with Crippen molar-refractivity contribution in [1.82, 2.24) is 5.32 Å². The Morgan fingerprint density at radius 1 is 1.41 bits per heavy atom. The second kappa shape index (κ2) is 4.89. The second-order valence-electron chi connectivity index (χ2n) is 3.48. The summed E-state index contributed by atoms with van der Waals surface area (Å²) in [6.45, 7) is 0.430. The lowest BCUT2D eigenvalue weighted by Gasteiger charge is -2.06. The van der Waals surface area contributed by atoms with Crippen LogP contribution < -0.4 is 5.32 Å². The zero-order chi connectivity index (χ0) is 12.3. The number of hydrogen-bond acceptors (Lipinski definition) is 3. The average molecular weight is 249 g/mol. The highest BCUT2D eigenvalue weighted by Gasteiger charge is 2.18. The van der Waals surface area contributed by atoms with Crippen LogP contribution in [0.4, 0.5) is 0 Å². The first-order valence-corrected chi connectivity index (χ1v) is 5.41. The van der Waals surface area contributed by atoms with Crippen molar-refractivity contribution in [2.45, 2.75) is 6.42 Å². The van der Waals surface area contributed by atoms with Gasteiger partial charge in [0.25, 0.3) is 5.91 Å². The van der Waals surface area contributed by atoms with E-state index < -0.39 is 0 Å². The van der Waals surface area contributed by atoms with Crippen LogP contribution in [0.15, 0.2) is 35.7 Å². The summed E-state index contributed by atoms with van der Waals surface area (Å²) in [7, 11) is 0. The minimum Gasteiger partial charge on any atom is -0.478 e. The Morgan fingerprint density at radius 2 is 2.12 bits per heavy atom. The minimum absolute atomic E-state index is 0.257. The fourth-order valence-electron chi connectivity index (χ4n) is 1.45. The molecule has 1 aromatic rings. The van der Waals surface area contributed by atoms with Crippen LogP contribution in [0.25, 0.3) is 0 Å². The van der Waals surface area contributed by atoms with Crippen LogP contribution in [-0.2, 0) is 4.74 Å². The lowest BCUT2D eigenvalue weighted by molar-refractivity contribution is 0.0930. The van der Waals surface area contributed by atoms with Gasteiger partial charge in [0.05, 0.1) is 12.2 Å². The van der Waals surface area contributed by atoms with E-state index in [1.165, 1.54) is 0 Å². The van der Waals surface area contributed by atoms with Gasteiger partial charge in [0.1, 0.15) is 6.07 Å². The molecule has 4 nitrogen and oxygen atoms in total. The van der Waals surface area contributed by atoms with Crippen molar-refractivity contribution in [2.75, 3.05) is 6.61 Å². The molecule has 86 valence electrons. The van der Waals surface area contributed by atoms with E-state index in [1.54, 1.807) is 24.3 Å². The van der Waals surface area contributed by atoms with E-state index >= 15 is 0 Å². The van der Waals surface area contributed by atoms with Crippen LogP contribution in [0.3, 0.4) is 0 Å². The lowest BCUT2D eigenvalue weighted by atomic mass is 10.2. The monoisotopic (exact) mass is 248 g/mol. The van der Waals surface area contributed by atoms with E-state index in [-0.39, 0.29) is 11.8 Å².